The van der Waals surface area contributed by atoms with Crippen LogP contribution >= 0.6 is 11.3 Å². The summed E-state index contributed by atoms with van der Waals surface area (Å²) >= 11 is 1.19. The van der Waals surface area contributed by atoms with Crippen molar-refractivity contribution in [1.29, 1.82) is 0 Å². The van der Waals surface area contributed by atoms with Gasteiger partial charge in [0.05, 0.1) is 4.90 Å². The van der Waals surface area contributed by atoms with Crippen LogP contribution in [-0.4, -0.2) is 16.8 Å². The second-order valence-corrected chi connectivity index (χ2v) is 9.22. The Balaban J connectivity index is 2.10. The van der Waals surface area contributed by atoms with E-state index in [4.69, 9.17) is 5.14 Å². The summed E-state index contributed by atoms with van der Waals surface area (Å²) in [5, 5.41) is 4.99. The molecule has 0 aliphatic rings. The van der Waals surface area contributed by atoms with Gasteiger partial charge in [-0.25, -0.2) is 26.7 Å². The van der Waals surface area contributed by atoms with E-state index in [1.807, 2.05) is 6.92 Å². The normalized spacial score (nSPS) is 12.5. The van der Waals surface area contributed by atoms with Crippen LogP contribution < -0.4 is 9.86 Å². The standard InChI is InChI=1S/C12H14N2O4S3/c1-9-2-7-12(19-9)21(17,18)14-8-10-3-5-11(6-4-10)20(13,15)16/h2-7,14H,8H2,1H3,(H2,13,15,16). The van der Waals surface area contributed by atoms with Gasteiger partial charge in [0, 0.05) is 11.4 Å². The summed E-state index contributed by atoms with van der Waals surface area (Å²) in [5.74, 6) is 0. The van der Waals surface area contributed by atoms with E-state index in [1.54, 1.807) is 12.1 Å². The molecule has 0 aliphatic carbocycles. The highest BCUT2D eigenvalue weighted by Crippen LogP contribution is 2.20. The number of primary sulfonamides is 1. The molecule has 0 aliphatic heterocycles. The van der Waals surface area contributed by atoms with Crippen LogP contribution in [0, 0.1) is 6.92 Å². The maximum atomic E-state index is 12.0. The third kappa shape index (κ3) is 4.11. The molecule has 21 heavy (non-hydrogen) atoms. The first-order valence-corrected chi connectivity index (χ1v) is 9.71. The third-order valence-electron chi connectivity index (χ3n) is 2.70. The molecule has 6 nitrogen and oxygen atoms in total. The lowest BCUT2D eigenvalue weighted by molar-refractivity contribution is 0.583. The van der Waals surface area contributed by atoms with E-state index in [0.717, 1.165) is 4.88 Å². The minimum atomic E-state index is -3.74. The average molecular weight is 346 g/mol. The SMILES string of the molecule is Cc1ccc(S(=O)(=O)NCc2ccc(S(N)(=O)=O)cc2)s1. The lowest BCUT2D eigenvalue weighted by Crippen LogP contribution is -2.22. The van der Waals surface area contributed by atoms with Gasteiger partial charge in [-0.15, -0.1) is 11.3 Å². The minimum absolute atomic E-state index is 0.0111. The van der Waals surface area contributed by atoms with Crippen molar-refractivity contribution in [1.82, 2.24) is 4.72 Å². The number of sulfonamides is 2. The molecule has 0 amide bonds. The monoisotopic (exact) mass is 346 g/mol. The Bertz CT molecular complexity index is 837. The Morgan fingerprint density at radius 3 is 2.14 bits per heavy atom. The van der Waals surface area contributed by atoms with E-state index >= 15 is 0 Å². The Morgan fingerprint density at radius 2 is 1.67 bits per heavy atom. The molecule has 0 spiro atoms. The topological polar surface area (TPSA) is 106 Å². The molecule has 0 fully saturated rings. The van der Waals surface area contributed by atoms with Gasteiger partial charge in [-0.2, -0.15) is 0 Å². The molecule has 0 unspecified atom stereocenters. The van der Waals surface area contributed by atoms with Crippen LogP contribution in [0.1, 0.15) is 10.4 Å². The molecule has 1 heterocycles. The highest BCUT2D eigenvalue weighted by Gasteiger charge is 2.15. The second-order valence-electron chi connectivity index (χ2n) is 4.38. The highest BCUT2D eigenvalue weighted by atomic mass is 32.2. The summed E-state index contributed by atoms with van der Waals surface area (Å²) in [6.45, 7) is 1.90. The first-order valence-electron chi connectivity index (χ1n) is 5.86. The fourth-order valence-electron chi connectivity index (χ4n) is 1.60. The Morgan fingerprint density at radius 1 is 1.05 bits per heavy atom. The van der Waals surface area contributed by atoms with Crippen molar-refractivity contribution in [3.63, 3.8) is 0 Å². The molecule has 1 aromatic carbocycles. The van der Waals surface area contributed by atoms with Gasteiger partial charge in [0.25, 0.3) is 0 Å². The summed E-state index contributed by atoms with van der Waals surface area (Å²) in [5.41, 5.74) is 0.638. The minimum Gasteiger partial charge on any atom is -0.225 e. The zero-order chi connectivity index (χ0) is 15.7. The molecule has 0 atom stereocenters. The lowest BCUT2D eigenvalue weighted by atomic mass is 10.2. The highest BCUT2D eigenvalue weighted by molar-refractivity contribution is 7.91. The van der Waals surface area contributed by atoms with Crippen LogP contribution in [0.5, 0.6) is 0 Å². The molecule has 0 bridgehead atoms. The van der Waals surface area contributed by atoms with Crippen molar-refractivity contribution in [2.24, 2.45) is 5.14 Å². The molecular weight excluding hydrogens is 332 g/mol. The number of hydrogen-bond acceptors (Lipinski definition) is 5. The van der Waals surface area contributed by atoms with E-state index < -0.39 is 20.0 Å². The van der Waals surface area contributed by atoms with Gasteiger partial charge in [-0.05, 0) is 36.8 Å². The smallest absolute Gasteiger partial charge is 0.225 e. The lowest BCUT2D eigenvalue weighted by Gasteiger charge is -2.05. The zero-order valence-electron chi connectivity index (χ0n) is 11.1. The van der Waals surface area contributed by atoms with Gasteiger partial charge in [0.2, 0.25) is 20.0 Å². The van der Waals surface area contributed by atoms with Crippen molar-refractivity contribution >= 4 is 31.4 Å². The number of aryl methyl sites for hydroxylation is 1. The van der Waals surface area contributed by atoms with Gasteiger partial charge in [0.1, 0.15) is 4.21 Å². The molecule has 3 N–H and O–H groups in total. The van der Waals surface area contributed by atoms with Gasteiger partial charge >= 0.3 is 0 Å². The Labute approximate surface area is 127 Å². The van der Waals surface area contributed by atoms with Crippen LogP contribution in [0.25, 0.3) is 0 Å². The Kier molecular flexibility index (Phi) is 4.49. The molecule has 1 aromatic heterocycles. The van der Waals surface area contributed by atoms with E-state index in [-0.39, 0.29) is 15.6 Å². The maximum absolute atomic E-state index is 12.0. The predicted molar refractivity (Wildman–Crippen MR) is 80.9 cm³/mol. The van der Waals surface area contributed by atoms with Crippen molar-refractivity contribution in [2.45, 2.75) is 22.6 Å². The first kappa shape index (κ1) is 16.1. The quantitative estimate of drug-likeness (QED) is 0.848. The fourth-order valence-corrected chi connectivity index (χ4v) is 4.46. The zero-order valence-corrected chi connectivity index (χ0v) is 13.6. The van der Waals surface area contributed by atoms with Crippen LogP contribution in [-0.2, 0) is 26.6 Å². The molecule has 114 valence electrons. The van der Waals surface area contributed by atoms with Crippen molar-refractivity contribution < 1.29 is 16.8 Å². The van der Waals surface area contributed by atoms with Gasteiger partial charge in [0.15, 0.2) is 0 Å². The molecule has 0 saturated heterocycles. The van der Waals surface area contributed by atoms with Crippen LogP contribution in [0.2, 0.25) is 0 Å². The van der Waals surface area contributed by atoms with Crippen molar-refractivity contribution in [3.05, 3.63) is 46.8 Å². The van der Waals surface area contributed by atoms with Gasteiger partial charge in [-0.1, -0.05) is 12.1 Å². The van der Waals surface area contributed by atoms with E-state index in [0.29, 0.717) is 5.56 Å². The molecule has 2 rings (SSSR count). The Hall–Kier alpha value is -1.26. The van der Waals surface area contributed by atoms with Crippen molar-refractivity contribution in [3.8, 4) is 0 Å². The first-order chi connectivity index (χ1) is 9.68. The molecular formula is C12H14N2O4S3. The maximum Gasteiger partial charge on any atom is 0.250 e. The van der Waals surface area contributed by atoms with E-state index in [1.165, 1.54) is 35.6 Å². The van der Waals surface area contributed by atoms with E-state index in [9.17, 15) is 16.8 Å². The summed E-state index contributed by atoms with van der Waals surface area (Å²) < 4.78 is 49.0. The molecule has 0 saturated carbocycles. The fraction of sp³-hybridized carbons (Fsp3) is 0.167. The van der Waals surface area contributed by atoms with Crippen LogP contribution in [0.4, 0.5) is 0 Å². The summed E-state index contributed by atoms with van der Waals surface area (Å²) in [6, 6.07) is 9.00. The van der Waals surface area contributed by atoms with Crippen LogP contribution in [0.15, 0.2) is 45.5 Å². The number of nitrogens with two attached hydrogens (primary N) is 1. The number of nitrogens with one attached hydrogen (secondary N) is 1. The average Bonchev–Trinajstić information content (AvgIpc) is 2.83. The number of benzene rings is 1. The molecule has 2 aromatic rings. The predicted octanol–water partition coefficient (Wildman–Crippen LogP) is 1.18. The van der Waals surface area contributed by atoms with Gasteiger partial charge in [-0.3, -0.25) is 0 Å². The van der Waals surface area contributed by atoms with E-state index in [2.05, 4.69) is 4.72 Å². The third-order valence-corrected chi connectivity index (χ3v) is 6.52. The van der Waals surface area contributed by atoms with Crippen LogP contribution in [0.3, 0.4) is 0 Å². The molecule has 9 heteroatoms. The summed E-state index contributed by atoms with van der Waals surface area (Å²) in [4.78, 5) is 0.899. The number of thiophene rings is 1. The second kappa shape index (κ2) is 5.85. The largest absolute Gasteiger partial charge is 0.250 e. The summed E-state index contributed by atoms with van der Waals surface area (Å²) in [7, 11) is -7.29. The summed E-state index contributed by atoms with van der Waals surface area (Å²) in [6.07, 6.45) is 0. The van der Waals surface area contributed by atoms with Gasteiger partial charge < -0.3 is 0 Å². The number of rotatable bonds is 5. The molecule has 0 radical (unpaired) electrons. The van der Waals surface area contributed by atoms with Crippen molar-refractivity contribution in [2.75, 3.05) is 0 Å². The number of hydrogen-bond donors (Lipinski definition) is 2.